The van der Waals surface area contributed by atoms with E-state index in [2.05, 4.69) is 13.0 Å². The van der Waals surface area contributed by atoms with E-state index in [0.29, 0.717) is 25.6 Å². The van der Waals surface area contributed by atoms with Crippen molar-refractivity contribution in [2.45, 2.75) is 44.6 Å². The van der Waals surface area contributed by atoms with Crippen LogP contribution in [-0.4, -0.2) is 23.9 Å². The second kappa shape index (κ2) is 3.77. The molecule has 0 aromatic rings. The fraction of sp³-hybridized carbons (Fsp3) is 0.917. The van der Waals surface area contributed by atoms with Gasteiger partial charge in [0.1, 0.15) is 5.60 Å². The molecule has 1 saturated heterocycles. The third kappa shape index (κ3) is 1.56. The normalized spacial score (nSPS) is 45.5. The molecule has 3 atom stereocenters. The molecular formula is C12H19NO2. The van der Waals surface area contributed by atoms with Gasteiger partial charge < -0.3 is 9.84 Å². The summed E-state index contributed by atoms with van der Waals surface area (Å²) in [4.78, 5) is 0. The lowest BCUT2D eigenvalue weighted by atomic mass is 9.70. The summed E-state index contributed by atoms with van der Waals surface area (Å²) < 4.78 is 5.27. The molecule has 0 aromatic carbocycles. The van der Waals surface area contributed by atoms with Crippen molar-refractivity contribution in [3.8, 4) is 6.07 Å². The molecule has 1 heterocycles. The molecule has 2 aliphatic rings. The SMILES string of the molecule is CCC1CCC(C#N)(C2(O)CCOC2)C1. The Morgan fingerprint density at radius 3 is 2.80 bits per heavy atom. The summed E-state index contributed by atoms with van der Waals surface area (Å²) in [5, 5.41) is 19.9. The lowest BCUT2D eigenvalue weighted by molar-refractivity contribution is -0.0579. The van der Waals surface area contributed by atoms with Gasteiger partial charge in [0.05, 0.1) is 18.1 Å². The van der Waals surface area contributed by atoms with Gasteiger partial charge in [-0.3, -0.25) is 0 Å². The van der Waals surface area contributed by atoms with Crippen LogP contribution in [-0.2, 0) is 4.74 Å². The summed E-state index contributed by atoms with van der Waals surface area (Å²) in [7, 11) is 0. The summed E-state index contributed by atoms with van der Waals surface area (Å²) >= 11 is 0. The molecule has 0 amide bonds. The first-order valence-electron chi connectivity index (χ1n) is 5.87. The third-order valence-electron chi connectivity index (χ3n) is 4.30. The van der Waals surface area contributed by atoms with Gasteiger partial charge in [-0.25, -0.2) is 0 Å². The molecule has 1 aliphatic heterocycles. The van der Waals surface area contributed by atoms with Crippen LogP contribution in [0.25, 0.3) is 0 Å². The van der Waals surface area contributed by atoms with Gasteiger partial charge in [-0.15, -0.1) is 0 Å². The van der Waals surface area contributed by atoms with E-state index in [1.165, 1.54) is 0 Å². The van der Waals surface area contributed by atoms with Crippen molar-refractivity contribution >= 4 is 0 Å². The fourth-order valence-electron chi connectivity index (χ4n) is 3.06. The number of ether oxygens (including phenoxy) is 1. The van der Waals surface area contributed by atoms with Crippen molar-refractivity contribution in [3.05, 3.63) is 0 Å². The average molecular weight is 209 g/mol. The van der Waals surface area contributed by atoms with Gasteiger partial charge in [0, 0.05) is 13.0 Å². The van der Waals surface area contributed by atoms with Crippen LogP contribution in [0, 0.1) is 22.7 Å². The third-order valence-corrected chi connectivity index (χ3v) is 4.30. The Balaban J connectivity index is 2.20. The monoisotopic (exact) mass is 209 g/mol. The lowest BCUT2D eigenvalue weighted by Gasteiger charge is -2.36. The van der Waals surface area contributed by atoms with Gasteiger partial charge in [-0.1, -0.05) is 13.3 Å². The molecule has 3 unspecified atom stereocenters. The molecule has 1 saturated carbocycles. The number of nitriles is 1. The fourth-order valence-corrected chi connectivity index (χ4v) is 3.06. The van der Waals surface area contributed by atoms with E-state index in [4.69, 9.17) is 4.74 Å². The van der Waals surface area contributed by atoms with Crippen LogP contribution in [0.15, 0.2) is 0 Å². The maximum atomic E-state index is 10.5. The highest BCUT2D eigenvalue weighted by atomic mass is 16.5. The first kappa shape index (κ1) is 10.9. The van der Waals surface area contributed by atoms with E-state index in [0.717, 1.165) is 25.7 Å². The molecule has 1 aliphatic carbocycles. The van der Waals surface area contributed by atoms with E-state index in [1.54, 1.807) is 0 Å². The van der Waals surface area contributed by atoms with E-state index in [1.807, 2.05) is 0 Å². The minimum atomic E-state index is -0.883. The Labute approximate surface area is 91.0 Å². The van der Waals surface area contributed by atoms with Gasteiger partial charge in [-0.05, 0) is 25.2 Å². The molecule has 2 rings (SSSR count). The molecule has 1 N–H and O–H groups in total. The maximum absolute atomic E-state index is 10.5. The zero-order valence-corrected chi connectivity index (χ0v) is 9.33. The summed E-state index contributed by atoms with van der Waals surface area (Å²) in [6.45, 7) is 3.10. The number of rotatable bonds is 2. The van der Waals surface area contributed by atoms with Crippen LogP contribution < -0.4 is 0 Å². The quantitative estimate of drug-likeness (QED) is 0.755. The van der Waals surface area contributed by atoms with Crippen molar-refractivity contribution in [3.63, 3.8) is 0 Å². The highest BCUT2D eigenvalue weighted by molar-refractivity contribution is 5.15. The number of hydrogen-bond donors (Lipinski definition) is 1. The Morgan fingerprint density at radius 2 is 2.33 bits per heavy atom. The highest BCUT2D eigenvalue weighted by Crippen LogP contribution is 2.52. The predicted molar refractivity (Wildman–Crippen MR) is 56.1 cm³/mol. The Hall–Kier alpha value is -0.590. The smallest absolute Gasteiger partial charge is 0.109 e. The maximum Gasteiger partial charge on any atom is 0.109 e. The first-order valence-corrected chi connectivity index (χ1v) is 5.87. The second-order valence-corrected chi connectivity index (χ2v) is 5.05. The Kier molecular flexibility index (Phi) is 2.74. The van der Waals surface area contributed by atoms with E-state index >= 15 is 0 Å². The molecular weight excluding hydrogens is 190 g/mol. The molecule has 3 heteroatoms. The van der Waals surface area contributed by atoms with Gasteiger partial charge in [0.2, 0.25) is 0 Å². The van der Waals surface area contributed by atoms with Crippen LogP contribution in [0.3, 0.4) is 0 Å². The molecule has 15 heavy (non-hydrogen) atoms. The predicted octanol–water partition coefficient (Wildman–Crippen LogP) is 1.86. The molecule has 0 radical (unpaired) electrons. The van der Waals surface area contributed by atoms with Gasteiger partial charge in [0.15, 0.2) is 0 Å². The molecule has 0 bridgehead atoms. The van der Waals surface area contributed by atoms with Gasteiger partial charge >= 0.3 is 0 Å². The van der Waals surface area contributed by atoms with Crippen LogP contribution in [0.5, 0.6) is 0 Å². The summed E-state index contributed by atoms with van der Waals surface area (Å²) in [5.74, 6) is 0.606. The molecule has 84 valence electrons. The van der Waals surface area contributed by atoms with Crippen LogP contribution in [0.2, 0.25) is 0 Å². The topological polar surface area (TPSA) is 53.2 Å². The Bertz CT molecular complexity index is 278. The number of aliphatic hydroxyl groups is 1. The van der Waals surface area contributed by atoms with Crippen molar-refractivity contribution < 1.29 is 9.84 Å². The molecule has 3 nitrogen and oxygen atoms in total. The molecule has 0 spiro atoms. The number of nitrogens with zero attached hydrogens (tertiary/aromatic N) is 1. The van der Waals surface area contributed by atoms with Gasteiger partial charge in [-0.2, -0.15) is 5.26 Å². The summed E-state index contributed by atoms with van der Waals surface area (Å²) in [6.07, 6.45) is 4.49. The minimum Gasteiger partial charge on any atom is -0.386 e. The van der Waals surface area contributed by atoms with Gasteiger partial charge in [0.25, 0.3) is 0 Å². The van der Waals surface area contributed by atoms with E-state index in [9.17, 15) is 10.4 Å². The number of hydrogen-bond acceptors (Lipinski definition) is 3. The zero-order valence-electron chi connectivity index (χ0n) is 9.33. The molecule has 2 fully saturated rings. The second-order valence-electron chi connectivity index (χ2n) is 5.05. The van der Waals surface area contributed by atoms with Crippen molar-refractivity contribution in [2.24, 2.45) is 11.3 Å². The highest BCUT2D eigenvalue weighted by Gasteiger charge is 2.56. The lowest BCUT2D eigenvalue weighted by Crippen LogP contribution is -2.46. The first-order chi connectivity index (χ1) is 7.16. The standard InChI is InChI=1S/C12H19NO2/c1-2-10-3-4-11(7-10,8-13)12(14)5-6-15-9-12/h10,14H,2-7,9H2,1H3. The zero-order chi connectivity index (χ0) is 10.9. The summed E-state index contributed by atoms with van der Waals surface area (Å²) in [5.41, 5.74) is -1.42. The Morgan fingerprint density at radius 1 is 1.53 bits per heavy atom. The van der Waals surface area contributed by atoms with Crippen molar-refractivity contribution in [1.29, 1.82) is 5.26 Å². The van der Waals surface area contributed by atoms with Crippen LogP contribution >= 0.6 is 0 Å². The molecule has 0 aromatic heterocycles. The van der Waals surface area contributed by atoms with E-state index < -0.39 is 11.0 Å². The average Bonchev–Trinajstić information content (AvgIpc) is 2.85. The minimum absolute atomic E-state index is 0.344. The van der Waals surface area contributed by atoms with Crippen LogP contribution in [0.1, 0.15) is 39.0 Å². The largest absolute Gasteiger partial charge is 0.386 e. The summed E-state index contributed by atoms with van der Waals surface area (Å²) in [6, 6.07) is 2.39. The van der Waals surface area contributed by atoms with Crippen molar-refractivity contribution in [2.75, 3.05) is 13.2 Å². The van der Waals surface area contributed by atoms with Crippen molar-refractivity contribution in [1.82, 2.24) is 0 Å². The van der Waals surface area contributed by atoms with Crippen LogP contribution in [0.4, 0.5) is 0 Å². The van der Waals surface area contributed by atoms with E-state index in [-0.39, 0.29) is 0 Å².